The van der Waals surface area contributed by atoms with Crippen LogP contribution in [-0.2, 0) is 11.3 Å². The van der Waals surface area contributed by atoms with Crippen LogP contribution in [-0.4, -0.2) is 51.0 Å². The summed E-state index contributed by atoms with van der Waals surface area (Å²) in [5.74, 6) is 1.35. The highest BCUT2D eigenvalue weighted by molar-refractivity contribution is 6.00. The molecule has 0 saturated carbocycles. The maximum Gasteiger partial charge on any atom is 0.235 e. The first-order valence-corrected chi connectivity index (χ1v) is 9.09. The van der Waals surface area contributed by atoms with Gasteiger partial charge in [-0.1, -0.05) is 6.07 Å². The molecule has 0 fully saturated rings. The molecule has 0 amide bonds. The van der Waals surface area contributed by atoms with Crippen molar-refractivity contribution in [2.75, 3.05) is 14.2 Å². The fourth-order valence-electron chi connectivity index (χ4n) is 3.40. The Labute approximate surface area is 168 Å². The van der Waals surface area contributed by atoms with Gasteiger partial charge in [0.15, 0.2) is 5.65 Å². The van der Waals surface area contributed by atoms with Crippen LogP contribution in [0.4, 0.5) is 0 Å². The topological polar surface area (TPSA) is 82.5 Å². The van der Waals surface area contributed by atoms with Crippen LogP contribution in [0.5, 0.6) is 0 Å². The summed E-state index contributed by atoms with van der Waals surface area (Å²) in [5, 5.41) is 4.03. The molecule has 4 heterocycles. The molecule has 146 valence electrons. The second-order valence-corrected chi connectivity index (χ2v) is 6.43. The molecule has 0 unspecified atom stereocenters. The number of hydrogen-bond donors (Lipinski definition) is 0. The second-order valence-electron chi connectivity index (χ2n) is 6.43. The van der Waals surface area contributed by atoms with E-state index >= 15 is 0 Å². The minimum absolute atomic E-state index is 0.468. The highest BCUT2D eigenvalue weighted by atomic mass is 16.5. The maximum atomic E-state index is 5.44. The number of hydrogen-bond acceptors (Lipinski definition) is 6. The summed E-state index contributed by atoms with van der Waals surface area (Å²) in [7, 11) is 3.26. The van der Waals surface area contributed by atoms with Crippen molar-refractivity contribution in [3.8, 4) is 11.1 Å². The lowest BCUT2D eigenvalue weighted by molar-refractivity contribution is 0.401. The summed E-state index contributed by atoms with van der Waals surface area (Å²) >= 11 is 0. The minimum atomic E-state index is 0.468. The molecule has 0 aliphatic heterocycles. The maximum absolute atomic E-state index is 5.44. The van der Waals surface area contributed by atoms with E-state index in [0.29, 0.717) is 18.1 Å². The van der Waals surface area contributed by atoms with E-state index in [9.17, 15) is 0 Å². The summed E-state index contributed by atoms with van der Waals surface area (Å²) in [6.45, 7) is 6.22. The first-order chi connectivity index (χ1) is 14.2. The lowest BCUT2D eigenvalue weighted by Crippen LogP contribution is -2.10. The number of pyridine rings is 2. The second kappa shape index (κ2) is 7.67. The molecular formula is C21H21N7O. The Morgan fingerprint density at radius 3 is 2.79 bits per heavy atom. The number of aromatic nitrogens is 5. The van der Waals surface area contributed by atoms with Crippen molar-refractivity contribution in [1.82, 2.24) is 24.2 Å². The van der Waals surface area contributed by atoms with Crippen LogP contribution in [0.3, 0.4) is 0 Å². The summed E-state index contributed by atoms with van der Waals surface area (Å²) in [6, 6.07) is 9.90. The van der Waals surface area contributed by atoms with Crippen LogP contribution in [0, 0.1) is 6.92 Å². The third-order valence-electron chi connectivity index (χ3n) is 4.77. The van der Waals surface area contributed by atoms with E-state index in [-0.39, 0.29) is 0 Å². The first kappa shape index (κ1) is 18.5. The Kier molecular flexibility index (Phi) is 4.90. The summed E-state index contributed by atoms with van der Waals surface area (Å²) < 4.78 is 9.19. The number of rotatable bonds is 5. The van der Waals surface area contributed by atoms with Gasteiger partial charge in [0.25, 0.3) is 0 Å². The van der Waals surface area contributed by atoms with Crippen molar-refractivity contribution < 1.29 is 4.74 Å². The van der Waals surface area contributed by atoms with Crippen molar-refractivity contribution in [2.45, 2.75) is 13.5 Å². The van der Waals surface area contributed by atoms with Crippen LogP contribution in [0.2, 0.25) is 0 Å². The third kappa shape index (κ3) is 3.29. The van der Waals surface area contributed by atoms with E-state index in [1.807, 2.05) is 37.4 Å². The molecule has 29 heavy (non-hydrogen) atoms. The van der Waals surface area contributed by atoms with Gasteiger partial charge < -0.3 is 9.30 Å². The lowest BCUT2D eigenvalue weighted by Gasteiger charge is -2.10. The Morgan fingerprint density at radius 2 is 2.10 bits per heavy atom. The molecule has 0 radical (unpaired) electrons. The molecule has 0 bridgehead atoms. The molecule has 0 N–H and O–H groups in total. The van der Waals surface area contributed by atoms with Crippen molar-refractivity contribution in [3.63, 3.8) is 0 Å². The molecule has 0 atom stereocenters. The predicted molar refractivity (Wildman–Crippen MR) is 113 cm³/mol. The number of imidazole rings is 1. The van der Waals surface area contributed by atoms with Gasteiger partial charge in [-0.2, -0.15) is 5.10 Å². The first-order valence-electron chi connectivity index (χ1n) is 9.09. The SMILES string of the molecule is C=Nn1ccc(-c2cnc3nc(C)n(Cc4ccccn4)c3c2)c1C(=NC)OC. The molecule has 4 aromatic rings. The van der Waals surface area contributed by atoms with Gasteiger partial charge in [0.1, 0.15) is 11.5 Å². The van der Waals surface area contributed by atoms with Gasteiger partial charge in [-0.05, 0) is 31.2 Å². The number of methoxy groups -OCH3 is 1. The smallest absolute Gasteiger partial charge is 0.235 e. The van der Waals surface area contributed by atoms with Crippen molar-refractivity contribution in [1.29, 1.82) is 0 Å². The van der Waals surface area contributed by atoms with Crippen LogP contribution in [0.25, 0.3) is 22.3 Å². The number of ether oxygens (including phenoxy) is 1. The minimum Gasteiger partial charge on any atom is -0.480 e. The standard InChI is InChI=1S/C21H21N7O/c1-14-26-20-18(27(14)13-16-7-5-6-9-24-16)11-15(12-25-20)17-8-10-28(23-3)19(17)21(22-2)29-4/h5-12H,3,13H2,1-2,4H3. The number of nitrogens with zero attached hydrogens (tertiary/aromatic N) is 7. The Bertz CT molecular complexity index is 1200. The van der Waals surface area contributed by atoms with Gasteiger partial charge in [0.05, 0.1) is 24.9 Å². The van der Waals surface area contributed by atoms with Gasteiger partial charge >= 0.3 is 0 Å². The van der Waals surface area contributed by atoms with E-state index in [2.05, 4.69) is 42.4 Å². The highest BCUT2D eigenvalue weighted by Gasteiger charge is 2.19. The number of aliphatic imine (C=N–C) groups is 1. The predicted octanol–water partition coefficient (Wildman–Crippen LogP) is 3.14. The molecule has 0 aliphatic rings. The van der Waals surface area contributed by atoms with Crippen LogP contribution in [0.15, 0.2) is 59.0 Å². The Hall–Kier alpha value is -3.81. The average Bonchev–Trinajstić information content (AvgIpc) is 3.31. The molecule has 8 nitrogen and oxygen atoms in total. The third-order valence-corrected chi connectivity index (χ3v) is 4.77. The number of fused-ring (bicyclic) bond motifs is 1. The van der Waals surface area contributed by atoms with Crippen molar-refractivity contribution >= 4 is 23.8 Å². The van der Waals surface area contributed by atoms with Crippen molar-refractivity contribution in [3.05, 3.63) is 66.1 Å². The average molecular weight is 387 g/mol. The normalized spacial score (nSPS) is 11.8. The largest absolute Gasteiger partial charge is 0.480 e. The van der Waals surface area contributed by atoms with E-state index < -0.39 is 0 Å². The van der Waals surface area contributed by atoms with Gasteiger partial charge in [-0.3, -0.25) is 9.98 Å². The van der Waals surface area contributed by atoms with Gasteiger partial charge in [0.2, 0.25) is 5.90 Å². The lowest BCUT2D eigenvalue weighted by atomic mass is 10.1. The Balaban J connectivity index is 1.86. The molecule has 0 saturated heterocycles. The molecule has 8 heteroatoms. The molecule has 0 aromatic carbocycles. The zero-order valence-corrected chi connectivity index (χ0v) is 16.6. The van der Waals surface area contributed by atoms with Crippen LogP contribution >= 0.6 is 0 Å². The molecule has 0 aliphatic carbocycles. The summed E-state index contributed by atoms with van der Waals surface area (Å²) in [4.78, 5) is 17.8. The van der Waals surface area contributed by atoms with E-state index in [1.165, 1.54) is 0 Å². The molecule has 4 aromatic heterocycles. The summed E-state index contributed by atoms with van der Waals surface area (Å²) in [5.41, 5.74) is 5.12. The van der Waals surface area contributed by atoms with Crippen LogP contribution < -0.4 is 0 Å². The zero-order chi connectivity index (χ0) is 20.4. The Morgan fingerprint density at radius 1 is 1.24 bits per heavy atom. The van der Waals surface area contributed by atoms with Crippen molar-refractivity contribution in [2.24, 2.45) is 10.1 Å². The monoisotopic (exact) mass is 387 g/mol. The van der Waals surface area contributed by atoms with Gasteiger partial charge in [-0.15, -0.1) is 0 Å². The molecule has 0 spiro atoms. The fourth-order valence-corrected chi connectivity index (χ4v) is 3.40. The van der Waals surface area contributed by atoms with E-state index in [0.717, 1.165) is 33.9 Å². The van der Waals surface area contributed by atoms with E-state index in [1.54, 1.807) is 31.2 Å². The molecule has 4 rings (SSSR count). The molecular weight excluding hydrogens is 366 g/mol. The van der Waals surface area contributed by atoms with E-state index in [4.69, 9.17) is 4.74 Å². The number of aryl methyl sites for hydroxylation is 1. The van der Waals surface area contributed by atoms with Gasteiger partial charge in [-0.25, -0.2) is 14.6 Å². The summed E-state index contributed by atoms with van der Waals surface area (Å²) in [6.07, 6.45) is 5.42. The fraction of sp³-hybridized carbons (Fsp3) is 0.190. The quantitative estimate of drug-likeness (QED) is 0.389. The highest BCUT2D eigenvalue weighted by Crippen LogP contribution is 2.28. The van der Waals surface area contributed by atoms with Gasteiger partial charge in [0, 0.05) is 43.5 Å². The zero-order valence-electron chi connectivity index (χ0n) is 16.6. The van der Waals surface area contributed by atoms with Crippen LogP contribution in [0.1, 0.15) is 17.2 Å².